The number of carbonyl (C=O) groups excluding carboxylic acids is 1. The summed E-state index contributed by atoms with van der Waals surface area (Å²) in [5, 5.41) is 13.6. The summed E-state index contributed by atoms with van der Waals surface area (Å²) in [6, 6.07) is 7.48. The number of amides is 1. The first-order valence-corrected chi connectivity index (χ1v) is 8.32. The first-order chi connectivity index (χ1) is 11.5. The number of carbonyl (C=O) groups is 2. The van der Waals surface area contributed by atoms with Crippen LogP contribution in [0.15, 0.2) is 30.5 Å². The SMILES string of the molecule is Cc1nc(C(C)NC(=O)Cc2c[nH]c3ccccc23)sc1C(=O)O. The van der Waals surface area contributed by atoms with Crippen molar-refractivity contribution in [2.24, 2.45) is 0 Å². The number of aryl methyl sites for hydroxylation is 1. The lowest BCUT2D eigenvalue weighted by Gasteiger charge is -2.11. The Balaban J connectivity index is 1.70. The quantitative estimate of drug-likeness (QED) is 0.663. The molecule has 0 aliphatic carbocycles. The molecule has 6 nitrogen and oxygen atoms in total. The molecule has 3 rings (SSSR count). The van der Waals surface area contributed by atoms with Crippen LogP contribution < -0.4 is 5.32 Å². The fraction of sp³-hybridized carbons (Fsp3) is 0.235. The van der Waals surface area contributed by atoms with Crippen LogP contribution in [0.2, 0.25) is 0 Å². The van der Waals surface area contributed by atoms with Crippen LogP contribution in [0.25, 0.3) is 10.9 Å². The van der Waals surface area contributed by atoms with Gasteiger partial charge in [0.2, 0.25) is 5.91 Å². The van der Waals surface area contributed by atoms with Gasteiger partial charge in [-0.1, -0.05) is 18.2 Å². The molecule has 1 amide bonds. The number of fused-ring (bicyclic) bond motifs is 1. The normalized spacial score (nSPS) is 12.2. The molecule has 3 aromatic rings. The van der Waals surface area contributed by atoms with Crippen molar-refractivity contribution in [2.75, 3.05) is 0 Å². The average Bonchev–Trinajstić information content (AvgIpc) is 3.11. The summed E-state index contributed by atoms with van der Waals surface area (Å²) in [4.78, 5) is 31.0. The van der Waals surface area contributed by atoms with E-state index in [9.17, 15) is 9.59 Å². The number of nitrogens with one attached hydrogen (secondary N) is 2. The number of hydrogen-bond donors (Lipinski definition) is 3. The van der Waals surface area contributed by atoms with E-state index >= 15 is 0 Å². The molecule has 0 saturated carbocycles. The van der Waals surface area contributed by atoms with Crippen molar-refractivity contribution in [3.63, 3.8) is 0 Å². The van der Waals surface area contributed by atoms with Crippen molar-refractivity contribution in [3.05, 3.63) is 51.6 Å². The highest BCUT2D eigenvalue weighted by Crippen LogP contribution is 2.24. The highest BCUT2D eigenvalue weighted by atomic mass is 32.1. The molecular formula is C17H17N3O3S. The number of nitrogens with zero attached hydrogens (tertiary/aromatic N) is 1. The Hall–Kier alpha value is -2.67. The molecule has 2 heterocycles. The fourth-order valence-electron chi connectivity index (χ4n) is 2.61. The van der Waals surface area contributed by atoms with Crippen molar-refractivity contribution in [1.29, 1.82) is 0 Å². The van der Waals surface area contributed by atoms with Crippen LogP contribution in [0.4, 0.5) is 0 Å². The van der Waals surface area contributed by atoms with Crippen molar-refractivity contribution in [1.82, 2.24) is 15.3 Å². The lowest BCUT2D eigenvalue weighted by molar-refractivity contribution is -0.121. The van der Waals surface area contributed by atoms with Gasteiger partial charge in [0, 0.05) is 17.1 Å². The fourth-order valence-corrected chi connectivity index (χ4v) is 3.51. The monoisotopic (exact) mass is 343 g/mol. The summed E-state index contributed by atoms with van der Waals surface area (Å²) in [6.07, 6.45) is 2.09. The van der Waals surface area contributed by atoms with Gasteiger partial charge in [0.1, 0.15) is 9.88 Å². The summed E-state index contributed by atoms with van der Waals surface area (Å²) in [5.74, 6) is -1.12. The summed E-state index contributed by atoms with van der Waals surface area (Å²) in [6.45, 7) is 3.46. The molecule has 124 valence electrons. The Labute approximate surface area is 142 Å². The summed E-state index contributed by atoms with van der Waals surface area (Å²) < 4.78 is 0. The second kappa shape index (κ2) is 6.45. The Morgan fingerprint density at radius 3 is 2.83 bits per heavy atom. The standard InChI is InChI=1S/C17H17N3O3S/c1-9-15(17(22)23)24-16(20-9)10(2)19-14(21)7-11-8-18-13-6-4-3-5-12(11)13/h3-6,8,10,18H,7H2,1-2H3,(H,19,21)(H,22,23). The third kappa shape index (κ3) is 3.16. The summed E-state index contributed by atoms with van der Waals surface area (Å²) in [5.41, 5.74) is 2.40. The Bertz CT molecular complexity index is 913. The number of aromatic nitrogens is 2. The molecule has 1 unspecified atom stereocenters. The number of carboxylic acid groups (broad SMARTS) is 1. The zero-order chi connectivity index (χ0) is 17.3. The zero-order valence-corrected chi connectivity index (χ0v) is 14.1. The second-order valence-corrected chi connectivity index (χ2v) is 6.63. The highest BCUT2D eigenvalue weighted by Gasteiger charge is 2.19. The van der Waals surface area contributed by atoms with Gasteiger partial charge >= 0.3 is 5.97 Å². The maximum Gasteiger partial charge on any atom is 0.347 e. The van der Waals surface area contributed by atoms with E-state index in [0.29, 0.717) is 10.7 Å². The minimum Gasteiger partial charge on any atom is -0.477 e. The van der Waals surface area contributed by atoms with Crippen LogP contribution in [0, 0.1) is 6.92 Å². The van der Waals surface area contributed by atoms with Gasteiger partial charge < -0.3 is 15.4 Å². The Morgan fingerprint density at radius 1 is 1.38 bits per heavy atom. The van der Waals surface area contributed by atoms with Gasteiger partial charge in [0.15, 0.2) is 0 Å². The molecule has 0 spiro atoms. The molecule has 3 N–H and O–H groups in total. The largest absolute Gasteiger partial charge is 0.477 e. The lowest BCUT2D eigenvalue weighted by Crippen LogP contribution is -2.28. The molecule has 7 heteroatoms. The molecule has 0 bridgehead atoms. The predicted molar refractivity (Wildman–Crippen MR) is 92.4 cm³/mol. The molecule has 0 aliphatic heterocycles. The molecular weight excluding hydrogens is 326 g/mol. The van der Waals surface area contributed by atoms with E-state index in [2.05, 4.69) is 15.3 Å². The third-order valence-corrected chi connectivity index (χ3v) is 5.11. The van der Waals surface area contributed by atoms with Crippen LogP contribution in [0.5, 0.6) is 0 Å². The topological polar surface area (TPSA) is 95.1 Å². The first-order valence-electron chi connectivity index (χ1n) is 7.50. The maximum absolute atomic E-state index is 12.3. The molecule has 1 aromatic carbocycles. The summed E-state index contributed by atoms with van der Waals surface area (Å²) in [7, 11) is 0. The van der Waals surface area contributed by atoms with Gasteiger partial charge in [-0.05, 0) is 25.5 Å². The van der Waals surface area contributed by atoms with E-state index in [4.69, 9.17) is 5.11 Å². The Kier molecular flexibility index (Phi) is 4.35. The molecule has 0 saturated heterocycles. The smallest absolute Gasteiger partial charge is 0.347 e. The molecule has 0 fully saturated rings. The van der Waals surface area contributed by atoms with E-state index < -0.39 is 5.97 Å². The minimum absolute atomic E-state index is 0.128. The van der Waals surface area contributed by atoms with Crippen molar-refractivity contribution >= 4 is 34.1 Å². The molecule has 24 heavy (non-hydrogen) atoms. The van der Waals surface area contributed by atoms with Gasteiger partial charge in [-0.3, -0.25) is 4.79 Å². The number of thiazole rings is 1. The minimum atomic E-state index is -0.992. The lowest BCUT2D eigenvalue weighted by atomic mass is 10.1. The molecule has 2 aromatic heterocycles. The average molecular weight is 343 g/mol. The number of carboxylic acids is 1. The number of aromatic carboxylic acids is 1. The zero-order valence-electron chi connectivity index (χ0n) is 13.3. The van der Waals surface area contributed by atoms with E-state index in [0.717, 1.165) is 27.8 Å². The highest BCUT2D eigenvalue weighted by molar-refractivity contribution is 7.13. The second-order valence-electron chi connectivity index (χ2n) is 5.60. The number of rotatable bonds is 5. The third-order valence-electron chi connectivity index (χ3n) is 3.78. The van der Waals surface area contributed by atoms with Gasteiger partial charge in [-0.15, -0.1) is 11.3 Å². The predicted octanol–water partition coefficient (Wildman–Crippen LogP) is 3.05. The van der Waals surface area contributed by atoms with Crippen LogP contribution in [0.3, 0.4) is 0 Å². The number of benzene rings is 1. The van der Waals surface area contributed by atoms with Crippen LogP contribution in [-0.4, -0.2) is 27.0 Å². The maximum atomic E-state index is 12.3. The van der Waals surface area contributed by atoms with Gasteiger partial charge in [-0.25, -0.2) is 9.78 Å². The van der Waals surface area contributed by atoms with Gasteiger partial charge in [0.05, 0.1) is 18.2 Å². The van der Waals surface area contributed by atoms with E-state index in [1.165, 1.54) is 0 Å². The van der Waals surface area contributed by atoms with Crippen LogP contribution in [-0.2, 0) is 11.2 Å². The van der Waals surface area contributed by atoms with E-state index in [1.807, 2.05) is 30.5 Å². The number of para-hydroxylation sites is 1. The van der Waals surface area contributed by atoms with Gasteiger partial charge in [0.25, 0.3) is 0 Å². The molecule has 0 radical (unpaired) electrons. The van der Waals surface area contributed by atoms with E-state index in [-0.39, 0.29) is 23.2 Å². The van der Waals surface area contributed by atoms with E-state index in [1.54, 1.807) is 13.8 Å². The molecule has 1 atom stereocenters. The van der Waals surface area contributed by atoms with Crippen LogP contribution in [0.1, 0.15) is 38.9 Å². The molecule has 0 aliphatic rings. The van der Waals surface area contributed by atoms with Crippen molar-refractivity contribution < 1.29 is 14.7 Å². The van der Waals surface area contributed by atoms with Gasteiger partial charge in [-0.2, -0.15) is 0 Å². The number of aromatic amines is 1. The van der Waals surface area contributed by atoms with Crippen molar-refractivity contribution in [3.8, 4) is 0 Å². The summed E-state index contributed by atoms with van der Waals surface area (Å²) >= 11 is 1.10. The number of H-pyrrole nitrogens is 1. The Morgan fingerprint density at radius 2 is 2.12 bits per heavy atom. The van der Waals surface area contributed by atoms with Crippen molar-refractivity contribution in [2.45, 2.75) is 26.3 Å². The first kappa shape index (κ1) is 16.2. The van der Waals surface area contributed by atoms with Crippen LogP contribution >= 0.6 is 11.3 Å². The number of hydrogen-bond acceptors (Lipinski definition) is 4.